The number of carboxylic acid groups (broad SMARTS) is 1. The van der Waals surface area contributed by atoms with E-state index in [1.54, 1.807) is 6.92 Å². The predicted molar refractivity (Wildman–Crippen MR) is 75.6 cm³/mol. The van der Waals surface area contributed by atoms with E-state index in [2.05, 4.69) is 5.32 Å². The number of halogens is 4. The number of rotatable bonds is 3. The fourth-order valence-electron chi connectivity index (χ4n) is 2.66. The highest BCUT2D eigenvalue weighted by molar-refractivity contribution is 5.77. The number of urea groups is 1. The van der Waals surface area contributed by atoms with Gasteiger partial charge in [-0.3, -0.25) is 4.79 Å². The average molecular weight is 348 g/mol. The number of aryl methyl sites for hydroxylation is 1. The quantitative estimate of drug-likeness (QED) is 0.825. The molecule has 24 heavy (non-hydrogen) atoms. The van der Waals surface area contributed by atoms with Gasteiger partial charge in [0.1, 0.15) is 5.82 Å². The summed E-state index contributed by atoms with van der Waals surface area (Å²) in [7, 11) is 0. The first kappa shape index (κ1) is 18.0. The first-order chi connectivity index (χ1) is 11.1. The summed E-state index contributed by atoms with van der Waals surface area (Å²) >= 11 is 0. The molecule has 1 fully saturated rings. The Kier molecular flexibility index (Phi) is 5.00. The minimum atomic E-state index is -4.69. The van der Waals surface area contributed by atoms with Gasteiger partial charge in [-0.05, 0) is 24.1 Å². The lowest BCUT2D eigenvalue weighted by Crippen LogP contribution is -2.39. The topological polar surface area (TPSA) is 69.6 Å². The number of nitrogens with zero attached hydrogens (tertiary/aromatic N) is 1. The first-order valence-corrected chi connectivity index (χ1v) is 7.17. The van der Waals surface area contributed by atoms with Crippen molar-refractivity contribution < 1.29 is 32.3 Å². The summed E-state index contributed by atoms with van der Waals surface area (Å²) in [6.07, 6.45) is -4.69. The first-order valence-electron chi connectivity index (χ1n) is 7.17. The molecule has 1 aliphatic rings. The second-order valence-corrected chi connectivity index (χ2v) is 5.74. The third-order valence-electron chi connectivity index (χ3n) is 4.01. The van der Waals surface area contributed by atoms with Crippen molar-refractivity contribution in [1.29, 1.82) is 0 Å². The molecule has 0 unspecified atom stereocenters. The lowest BCUT2D eigenvalue weighted by atomic mass is 9.96. The van der Waals surface area contributed by atoms with Crippen LogP contribution in [0.5, 0.6) is 0 Å². The third-order valence-corrected chi connectivity index (χ3v) is 4.01. The molecule has 0 spiro atoms. The highest BCUT2D eigenvalue weighted by Crippen LogP contribution is 2.37. The molecule has 132 valence electrons. The van der Waals surface area contributed by atoms with Gasteiger partial charge in [0.2, 0.25) is 0 Å². The number of likely N-dealkylation sites (tertiary alicyclic amines) is 1. The van der Waals surface area contributed by atoms with E-state index in [0.717, 1.165) is 4.90 Å². The van der Waals surface area contributed by atoms with Crippen molar-refractivity contribution >= 4 is 12.0 Å². The Morgan fingerprint density at radius 1 is 1.33 bits per heavy atom. The van der Waals surface area contributed by atoms with E-state index < -0.39 is 48.9 Å². The van der Waals surface area contributed by atoms with Gasteiger partial charge in [-0.25, -0.2) is 9.18 Å². The Balaban J connectivity index is 2.00. The molecule has 2 amide bonds. The van der Waals surface area contributed by atoms with Crippen molar-refractivity contribution in [2.24, 2.45) is 11.8 Å². The van der Waals surface area contributed by atoms with Gasteiger partial charge < -0.3 is 15.3 Å². The number of alkyl halides is 3. The molecule has 5 nitrogen and oxygen atoms in total. The number of hydrogen-bond acceptors (Lipinski definition) is 2. The minimum absolute atomic E-state index is 0.00484. The van der Waals surface area contributed by atoms with E-state index in [-0.39, 0.29) is 6.54 Å². The Hall–Kier alpha value is -2.32. The second-order valence-electron chi connectivity index (χ2n) is 5.74. The van der Waals surface area contributed by atoms with Gasteiger partial charge in [0, 0.05) is 19.6 Å². The van der Waals surface area contributed by atoms with Crippen LogP contribution in [0.3, 0.4) is 0 Å². The zero-order chi connectivity index (χ0) is 18.1. The van der Waals surface area contributed by atoms with Crippen LogP contribution in [-0.2, 0) is 11.3 Å². The van der Waals surface area contributed by atoms with Gasteiger partial charge in [0.25, 0.3) is 0 Å². The molecule has 0 bridgehead atoms. The Morgan fingerprint density at radius 3 is 2.50 bits per heavy atom. The fourth-order valence-corrected chi connectivity index (χ4v) is 2.66. The van der Waals surface area contributed by atoms with Crippen molar-refractivity contribution in [3.05, 3.63) is 35.1 Å². The van der Waals surface area contributed by atoms with Gasteiger partial charge in [-0.2, -0.15) is 13.2 Å². The number of nitrogens with one attached hydrogen (secondary N) is 1. The van der Waals surface area contributed by atoms with E-state index in [1.165, 1.54) is 18.2 Å². The third kappa shape index (κ3) is 3.95. The van der Waals surface area contributed by atoms with Crippen LogP contribution in [0.1, 0.15) is 11.1 Å². The Morgan fingerprint density at radius 2 is 2.00 bits per heavy atom. The van der Waals surface area contributed by atoms with E-state index in [9.17, 15) is 27.2 Å². The number of amides is 2. The van der Waals surface area contributed by atoms with Crippen LogP contribution in [-0.4, -0.2) is 41.3 Å². The van der Waals surface area contributed by atoms with Crippen molar-refractivity contribution in [3.63, 3.8) is 0 Å². The number of carbonyl (C=O) groups excluding carboxylic acids is 1. The number of carbonyl (C=O) groups is 2. The average Bonchev–Trinajstić information content (AvgIpc) is 2.94. The van der Waals surface area contributed by atoms with Crippen LogP contribution in [0.4, 0.5) is 22.4 Å². The standard InChI is InChI=1S/C15H16F4N2O3/c1-8-4-9(2-3-12(8)16)5-20-14(24)21-6-10(13(22)23)11(7-21)15(17,18)19/h2-4,10-11H,5-7H2,1H3,(H,20,24)(H,22,23)/t10-,11-/m1/s1. The summed E-state index contributed by atoms with van der Waals surface area (Å²) in [6, 6.07) is 3.41. The fraction of sp³-hybridized carbons (Fsp3) is 0.467. The van der Waals surface area contributed by atoms with Crippen LogP contribution in [0.25, 0.3) is 0 Å². The van der Waals surface area contributed by atoms with E-state index in [4.69, 9.17) is 5.11 Å². The van der Waals surface area contributed by atoms with Crippen molar-refractivity contribution in [2.75, 3.05) is 13.1 Å². The van der Waals surface area contributed by atoms with Gasteiger partial charge in [-0.15, -0.1) is 0 Å². The van der Waals surface area contributed by atoms with E-state index in [1.807, 2.05) is 0 Å². The molecular formula is C15H16F4N2O3. The monoisotopic (exact) mass is 348 g/mol. The SMILES string of the molecule is Cc1cc(CNC(=O)N2C[C@@H](C(F)(F)F)[C@H](C(=O)O)C2)ccc1F. The van der Waals surface area contributed by atoms with Crippen LogP contribution >= 0.6 is 0 Å². The molecule has 0 radical (unpaired) electrons. The maximum absolute atomic E-state index is 13.2. The maximum Gasteiger partial charge on any atom is 0.394 e. The van der Waals surface area contributed by atoms with Gasteiger partial charge in [0.05, 0.1) is 11.8 Å². The number of aliphatic carboxylic acids is 1. The molecule has 1 saturated heterocycles. The van der Waals surface area contributed by atoms with Gasteiger partial charge in [-0.1, -0.05) is 12.1 Å². The van der Waals surface area contributed by atoms with Crippen molar-refractivity contribution in [3.8, 4) is 0 Å². The van der Waals surface area contributed by atoms with E-state index in [0.29, 0.717) is 11.1 Å². The lowest BCUT2D eigenvalue weighted by molar-refractivity contribution is -0.187. The summed E-state index contributed by atoms with van der Waals surface area (Å²) in [5.41, 5.74) is 0.967. The largest absolute Gasteiger partial charge is 0.481 e. The summed E-state index contributed by atoms with van der Waals surface area (Å²) in [5, 5.41) is 11.3. The number of benzene rings is 1. The summed E-state index contributed by atoms with van der Waals surface area (Å²) in [4.78, 5) is 23.8. The summed E-state index contributed by atoms with van der Waals surface area (Å²) in [6.45, 7) is 0.347. The van der Waals surface area contributed by atoms with Crippen LogP contribution in [0.15, 0.2) is 18.2 Å². The normalized spacial score (nSPS) is 21.0. The van der Waals surface area contributed by atoms with Crippen molar-refractivity contribution in [1.82, 2.24) is 10.2 Å². The Labute approximate surface area is 135 Å². The summed E-state index contributed by atoms with van der Waals surface area (Å²) < 4.78 is 51.8. The molecule has 1 heterocycles. The zero-order valence-electron chi connectivity index (χ0n) is 12.7. The molecule has 2 N–H and O–H groups in total. The maximum atomic E-state index is 13.2. The minimum Gasteiger partial charge on any atom is -0.481 e. The van der Waals surface area contributed by atoms with E-state index >= 15 is 0 Å². The highest BCUT2D eigenvalue weighted by atomic mass is 19.4. The van der Waals surface area contributed by atoms with Gasteiger partial charge in [0.15, 0.2) is 0 Å². The molecule has 1 aliphatic heterocycles. The molecule has 0 saturated carbocycles. The molecule has 1 aromatic rings. The Bertz CT molecular complexity index is 648. The zero-order valence-corrected chi connectivity index (χ0v) is 12.7. The van der Waals surface area contributed by atoms with Crippen LogP contribution in [0.2, 0.25) is 0 Å². The molecule has 2 atom stereocenters. The number of carboxylic acids is 1. The highest BCUT2D eigenvalue weighted by Gasteiger charge is 2.53. The molecular weight excluding hydrogens is 332 g/mol. The second kappa shape index (κ2) is 6.66. The number of hydrogen-bond donors (Lipinski definition) is 2. The summed E-state index contributed by atoms with van der Waals surface area (Å²) in [5.74, 6) is -5.75. The van der Waals surface area contributed by atoms with Crippen molar-refractivity contribution in [2.45, 2.75) is 19.6 Å². The predicted octanol–water partition coefficient (Wildman–Crippen LogP) is 2.54. The van der Waals surface area contributed by atoms with Gasteiger partial charge >= 0.3 is 18.2 Å². The van der Waals surface area contributed by atoms with Crippen LogP contribution in [0, 0.1) is 24.6 Å². The molecule has 9 heteroatoms. The smallest absolute Gasteiger partial charge is 0.394 e. The molecule has 2 rings (SSSR count). The molecule has 1 aromatic carbocycles. The van der Waals surface area contributed by atoms with Crippen LogP contribution < -0.4 is 5.32 Å². The lowest BCUT2D eigenvalue weighted by Gasteiger charge is -2.18. The molecule has 0 aliphatic carbocycles. The molecule has 0 aromatic heterocycles.